The van der Waals surface area contributed by atoms with Crippen LogP contribution in [-0.2, 0) is 102 Å². The number of alkyl carbamates (subject to hydrolysis) is 1. The maximum absolute atomic E-state index is 15.8. The molecule has 2 aromatic carbocycles. The van der Waals surface area contributed by atoms with Crippen molar-refractivity contribution in [2.24, 2.45) is 35.3 Å². The third-order valence-electron chi connectivity index (χ3n) is 24.1. The summed E-state index contributed by atoms with van der Waals surface area (Å²) in [5.41, 5.74) is 16.2. The largest absolute Gasteiger partial charge is 0.491 e. The van der Waals surface area contributed by atoms with Gasteiger partial charge < -0.3 is 119 Å². The van der Waals surface area contributed by atoms with Crippen molar-refractivity contribution >= 4 is 57.0 Å². The SMILES string of the molecule is CO[C@H]1C[C@@H]2CC[C@@H](C)[C@@](O)(O2)C(=O)C(=O)N2CCCC[C@H]2C(=O)O[C@H]([C@H](N)C[C@@H]2CC[C@@H](OC(=O)NCCOCCOCCOCCOCCOCCOCCOCCOCCC(=O)NCCS(=O)(=O)c3ccc(C(=O)N4CCOc5ccc(-c6ccc(N)nc6)cc5C4)c(C)c3F)[C@H](OC)C2)C[C@@H](O)[C@H](C)/C=C(\C)[C@@H](O)[C@@H](O)C(=O)[C@H](C)C[C@H](C)/C=C/C=CC=C1C. The van der Waals surface area contributed by atoms with E-state index in [-0.39, 0.29) is 133 Å². The minimum Gasteiger partial charge on any atom is -0.491 e. The van der Waals surface area contributed by atoms with Gasteiger partial charge in [0.2, 0.25) is 11.7 Å². The minimum absolute atomic E-state index is 0.00785. The lowest BCUT2D eigenvalue weighted by Crippen LogP contribution is -2.61. The van der Waals surface area contributed by atoms with Gasteiger partial charge in [0, 0.05) is 106 Å². The molecule has 5 heterocycles. The number of methoxy groups -OCH3 is 2. The maximum atomic E-state index is 15.8. The van der Waals surface area contributed by atoms with Crippen LogP contribution >= 0.6 is 0 Å². The first kappa shape index (κ1) is 106. The first-order valence-corrected chi connectivity index (χ1v) is 46.7. The van der Waals surface area contributed by atoms with Crippen molar-refractivity contribution in [3.8, 4) is 16.9 Å². The Balaban J connectivity index is 0.640. The van der Waals surface area contributed by atoms with Gasteiger partial charge in [0.1, 0.15) is 59.3 Å². The number of anilines is 1. The highest BCUT2D eigenvalue weighted by Crippen LogP contribution is 2.39. The average molecular weight is 1840 g/mol. The number of aromatic nitrogens is 1. The van der Waals surface area contributed by atoms with Crippen molar-refractivity contribution in [1.29, 1.82) is 0 Å². The van der Waals surface area contributed by atoms with Crippen LogP contribution in [0, 0.1) is 42.3 Å². The van der Waals surface area contributed by atoms with Crippen LogP contribution in [0.15, 0.2) is 101 Å². The lowest BCUT2D eigenvalue weighted by atomic mass is 9.80. The molecule has 1 saturated carbocycles. The molecule has 34 nitrogen and oxygen atoms in total. The molecule has 3 fully saturated rings. The number of rotatable bonds is 39. The van der Waals surface area contributed by atoms with E-state index < -0.39 is 152 Å². The molecule has 3 aromatic rings. The number of carbonyl (C=O) groups excluding carboxylic acids is 7. The lowest BCUT2D eigenvalue weighted by Gasteiger charge is -2.42. The second kappa shape index (κ2) is 54.8. The van der Waals surface area contributed by atoms with Gasteiger partial charge in [-0.05, 0) is 155 Å². The zero-order valence-electron chi connectivity index (χ0n) is 76.2. The number of esters is 1. The van der Waals surface area contributed by atoms with Gasteiger partial charge in [0.15, 0.2) is 15.6 Å². The molecule has 2 saturated heterocycles. The van der Waals surface area contributed by atoms with Crippen molar-refractivity contribution in [3.63, 3.8) is 0 Å². The number of amides is 4. The second-order valence-corrected chi connectivity index (χ2v) is 35.9. The molecule has 4 amide bonds. The summed E-state index contributed by atoms with van der Waals surface area (Å²) in [6, 6.07) is 9.34. The summed E-state index contributed by atoms with van der Waals surface area (Å²) in [6.07, 6.45) is 7.66. The van der Waals surface area contributed by atoms with Gasteiger partial charge in [-0.25, -0.2) is 27.4 Å². The highest BCUT2D eigenvalue weighted by Gasteiger charge is 2.53. The second-order valence-electron chi connectivity index (χ2n) is 33.8. The lowest BCUT2D eigenvalue weighted by molar-refractivity contribution is -0.265. The van der Waals surface area contributed by atoms with Gasteiger partial charge in [0.05, 0.1) is 142 Å². The molecule has 0 spiro atoms. The van der Waals surface area contributed by atoms with Crippen molar-refractivity contribution in [1.82, 2.24) is 25.4 Å². The Labute approximate surface area is 757 Å². The number of halogens is 1. The summed E-state index contributed by atoms with van der Waals surface area (Å²) in [5.74, 6) is -10.1. The molecular weight excluding hydrogens is 1700 g/mol. The number of carbonyl (C=O) groups is 7. The van der Waals surface area contributed by atoms with E-state index in [4.69, 9.17) is 77.8 Å². The number of nitrogens with zero attached hydrogens (tertiary/aromatic N) is 3. The first-order valence-electron chi connectivity index (χ1n) is 45.0. The van der Waals surface area contributed by atoms with E-state index in [1.165, 1.54) is 25.0 Å². The third-order valence-corrected chi connectivity index (χ3v) is 25.8. The Hall–Kier alpha value is -8.12. The predicted molar refractivity (Wildman–Crippen MR) is 474 cm³/mol. The number of allylic oxidation sites excluding steroid dienone is 5. The number of sulfone groups is 1. The molecule has 2 bridgehead atoms. The van der Waals surface area contributed by atoms with Gasteiger partial charge in [-0.2, -0.15) is 0 Å². The quantitative estimate of drug-likeness (QED) is 0.0123. The number of ketones is 2. The number of hydrogen-bond acceptors (Lipinski definition) is 30. The molecule has 4 aliphatic heterocycles. The summed E-state index contributed by atoms with van der Waals surface area (Å²) >= 11 is 0. The zero-order chi connectivity index (χ0) is 93.6. The highest BCUT2D eigenvalue weighted by atomic mass is 32.2. The van der Waals surface area contributed by atoms with Gasteiger partial charge in [0.25, 0.3) is 17.6 Å². The summed E-state index contributed by atoms with van der Waals surface area (Å²) < 4.78 is 123. The fourth-order valence-electron chi connectivity index (χ4n) is 16.3. The summed E-state index contributed by atoms with van der Waals surface area (Å²) in [6.45, 7) is 16.9. The number of pyridine rings is 1. The zero-order valence-corrected chi connectivity index (χ0v) is 77.0. The van der Waals surface area contributed by atoms with Crippen LogP contribution in [0.4, 0.5) is 15.0 Å². The molecule has 8 rings (SSSR count). The Morgan fingerprint density at radius 3 is 1.97 bits per heavy atom. The van der Waals surface area contributed by atoms with E-state index in [0.29, 0.717) is 136 Å². The van der Waals surface area contributed by atoms with E-state index in [1.807, 2.05) is 68.5 Å². The van der Waals surface area contributed by atoms with Gasteiger partial charge in [-0.1, -0.05) is 70.2 Å². The number of nitrogens with one attached hydrogen (secondary N) is 2. The number of ether oxygens (including phenoxy) is 14. The van der Waals surface area contributed by atoms with Crippen LogP contribution in [0.1, 0.15) is 146 Å². The molecule has 1 aromatic heterocycles. The molecule has 10 N–H and O–H groups in total. The predicted octanol–water partition coefficient (Wildman–Crippen LogP) is 6.98. The number of nitrogens with two attached hydrogens (primary N) is 2. The Kier molecular flexibility index (Phi) is 45.1. The van der Waals surface area contributed by atoms with Crippen molar-refractivity contribution in [3.05, 3.63) is 119 Å². The number of hydrogen-bond donors (Lipinski definition) is 8. The van der Waals surface area contributed by atoms with Gasteiger partial charge in [-0.15, -0.1) is 0 Å². The van der Waals surface area contributed by atoms with Crippen LogP contribution < -0.4 is 26.8 Å². The first-order chi connectivity index (χ1) is 61.8. The molecular formula is C93H138FN7O27S. The number of Topliss-reactive ketones (excluding diaryl/α,β-unsaturated/α-hetero) is 2. The van der Waals surface area contributed by atoms with E-state index in [0.717, 1.165) is 33.2 Å². The van der Waals surface area contributed by atoms with Crippen LogP contribution in [0.25, 0.3) is 11.1 Å². The van der Waals surface area contributed by atoms with Crippen LogP contribution in [-0.4, -0.2) is 310 Å². The summed E-state index contributed by atoms with van der Waals surface area (Å²) in [4.78, 5) is 103. The topological polar surface area (TPSA) is 459 Å². The van der Waals surface area contributed by atoms with Crippen molar-refractivity contribution in [2.75, 3.05) is 164 Å². The molecule has 36 heteroatoms. The summed E-state index contributed by atoms with van der Waals surface area (Å²) in [7, 11) is -1.13. The number of aliphatic hydroxyl groups excluding tert-OH is 3. The molecule has 129 heavy (non-hydrogen) atoms. The Morgan fingerprint density at radius 2 is 1.33 bits per heavy atom. The van der Waals surface area contributed by atoms with Crippen LogP contribution in [0.5, 0.6) is 5.75 Å². The standard InChI is InChI=1S/C93H138FN7O27S/c1-60-15-11-10-12-16-61(2)78(115-8)56-71-22-18-65(6)93(112,128-71)88(107)90(109)101-31-14-13-17-74(101)91(110)126-79(57-75(102)62(3)52-64(5)86(105)87(106)85(104)63(4)51-60)73(95)53-67-19-24-77(80(54-67)116-9)127-92(111)98-29-34-118-37-39-120-41-43-122-45-47-124-49-48-123-46-44-121-42-40-119-38-36-117-33-28-83(103)97-30-50-129(113,114)81-26-23-72(66(7)84(81)94)89(108)100-32-35-125-76-25-20-68(55-70(76)59-100)69-21-27-82(96)99-58-69/h10-12,15-16,20-21,23,25-27,52,55,58,60,62-63,65,67,71,73-75,77-80,86-87,102,105-106,112H,13-14,17-19,22,24,28-51,53-54,56-57,59,95H2,1-9H3,(H2,96,99)(H,97,103)(H,98,111)/b12-10?,15-11+,61-16?,64-52+/t60-,62-,63-,65-,67+,71+,73-,74+,75-,77-,78+,79+,80-,86-,87+,93-/m1/s1. The van der Waals surface area contributed by atoms with Crippen molar-refractivity contribution < 1.29 is 133 Å². The van der Waals surface area contributed by atoms with Crippen LogP contribution in [0.3, 0.4) is 0 Å². The number of benzene rings is 2. The fourth-order valence-corrected chi connectivity index (χ4v) is 17.6. The van der Waals surface area contributed by atoms with E-state index >= 15 is 4.39 Å². The highest BCUT2D eigenvalue weighted by molar-refractivity contribution is 7.91. The molecule has 0 radical (unpaired) electrons. The smallest absolute Gasteiger partial charge is 0.407 e. The van der Waals surface area contributed by atoms with Crippen molar-refractivity contribution in [2.45, 2.75) is 210 Å². The summed E-state index contributed by atoms with van der Waals surface area (Å²) in [5, 5.41) is 51.8. The molecule has 0 unspecified atom stereocenters. The van der Waals surface area contributed by atoms with Gasteiger partial charge in [-0.3, -0.25) is 24.0 Å². The number of piperidine rings is 1. The minimum atomic E-state index is -4.19. The Bertz CT molecular complexity index is 4290. The molecule has 16 atom stereocenters. The molecule has 1 aliphatic carbocycles. The van der Waals surface area contributed by atoms with E-state index in [1.54, 1.807) is 53.1 Å². The maximum Gasteiger partial charge on any atom is 0.407 e. The molecule has 5 aliphatic rings. The normalized spacial score (nSPS) is 26.7. The number of fused-ring (bicyclic) bond motifs is 4. The van der Waals surface area contributed by atoms with Gasteiger partial charge >= 0.3 is 12.1 Å². The van der Waals surface area contributed by atoms with E-state index in [9.17, 15) is 62.4 Å². The Morgan fingerprint density at radius 1 is 0.690 bits per heavy atom. The van der Waals surface area contributed by atoms with E-state index in [2.05, 4.69) is 15.6 Å². The van der Waals surface area contributed by atoms with Crippen LogP contribution in [0.2, 0.25) is 0 Å². The number of cyclic esters (lactones) is 1. The number of nitrogen functional groups attached to an aromatic ring is 1. The fraction of sp³-hybridized carbons (Fsp3) is 0.656. The third kappa shape index (κ3) is 33.5. The number of aliphatic hydroxyl groups is 4. The monoisotopic (exact) mass is 1840 g/mol. The molecule has 720 valence electrons. The average Bonchev–Trinajstić information content (AvgIpc) is 0.985.